The van der Waals surface area contributed by atoms with Gasteiger partial charge in [0, 0.05) is 18.0 Å². The number of nitrogens with one attached hydrogen (secondary N) is 1. The van der Waals surface area contributed by atoms with Gasteiger partial charge in [0.2, 0.25) is 0 Å². The number of rotatable bonds is 5. The van der Waals surface area contributed by atoms with Crippen LogP contribution in [0, 0.1) is 18.3 Å². The topological polar surface area (TPSA) is 109 Å². The van der Waals surface area contributed by atoms with Crippen molar-refractivity contribution in [2.24, 2.45) is 0 Å². The lowest BCUT2D eigenvalue weighted by Crippen LogP contribution is -2.28. The van der Waals surface area contributed by atoms with Gasteiger partial charge < -0.3 is 5.32 Å². The first kappa shape index (κ1) is 22.9. The summed E-state index contributed by atoms with van der Waals surface area (Å²) in [6, 6.07) is 5.82. The van der Waals surface area contributed by atoms with Crippen LogP contribution in [0.25, 0.3) is 5.95 Å². The number of aryl methyl sites for hydroxylation is 1. The number of halogens is 3. The van der Waals surface area contributed by atoms with Crippen LogP contribution in [-0.2, 0) is 11.6 Å². The Kier molecular flexibility index (Phi) is 5.98. The van der Waals surface area contributed by atoms with Crippen molar-refractivity contribution < 1.29 is 18.0 Å². The fraction of sp³-hybridized carbons (Fsp3) is 0.333. The Labute approximate surface area is 182 Å². The van der Waals surface area contributed by atoms with E-state index in [4.69, 9.17) is 0 Å². The van der Waals surface area contributed by atoms with Gasteiger partial charge in [-0.2, -0.15) is 23.1 Å². The molecule has 3 rings (SSSR count). The molecule has 0 saturated heterocycles. The quantitative estimate of drug-likeness (QED) is 0.644. The van der Waals surface area contributed by atoms with Crippen LogP contribution in [0.4, 0.5) is 13.2 Å². The normalized spacial score (nSPS) is 12.8. The second-order valence-corrected chi connectivity index (χ2v) is 7.71. The maximum Gasteiger partial charge on any atom is 0.416 e. The van der Waals surface area contributed by atoms with Gasteiger partial charge in [0.05, 0.1) is 23.1 Å². The molecule has 166 valence electrons. The third kappa shape index (κ3) is 4.74. The van der Waals surface area contributed by atoms with Crippen molar-refractivity contribution in [1.82, 2.24) is 30.0 Å². The number of nitriles is 1. The SMILES string of the molecule is Cc1nc(C(C)NC(=O)c2cc(C(F)(F)F)cc(C(C)(C)C#N)c2)nn1-c1ncccn1. The molecule has 8 nitrogen and oxygen atoms in total. The van der Waals surface area contributed by atoms with E-state index in [2.05, 4.69) is 25.4 Å². The van der Waals surface area contributed by atoms with E-state index in [1.54, 1.807) is 32.3 Å². The summed E-state index contributed by atoms with van der Waals surface area (Å²) in [6.45, 7) is 6.26. The van der Waals surface area contributed by atoms with Gasteiger partial charge in [0.25, 0.3) is 11.9 Å². The maximum atomic E-state index is 13.4. The van der Waals surface area contributed by atoms with Crippen molar-refractivity contribution in [2.75, 3.05) is 0 Å². The smallest absolute Gasteiger partial charge is 0.342 e. The summed E-state index contributed by atoms with van der Waals surface area (Å²) in [6.07, 6.45) is -1.58. The van der Waals surface area contributed by atoms with Crippen LogP contribution in [0.1, 0.15) is 59.9 Å². The second kappa shape index (κ2) is 8.37. The molecule has 1 aromatic carbocycles. The molecule has 0 radical (unpaired) electrons. The second-order valence-electron chi connectivity index (χ2n) is 7.71. The van der Waals surface area contributed by atoms with E-state index in [1.807, 2.05) is 6.07 Å². The van der Waals surface area contributed by atoms with Crippen LogP contribution in [-0.4, -0.2) is 30.6 Å². The molecule has 0 aliphatic heterocycles. The Morgan fingerprint density at radius 3 is 2.38 bits per heavy atom. The molecule has 11 heteroatoms. The zero-order valence-electron chi connectivity index (χ0n) is 17.8. The largest absolute Gasteiger partial charge is 0.416 e. The average molecular weight is 443 g/mol. The van der Waals surface area contributed by atoms with E-state index in [0.29, 0.717) is 11.8 Å². The first-order valence-corrected chi connectivity index (χ1v) is 9.58. The Balaban J connectivity index is 1.90. The van der Waals surface area contributed by atoms with Crippen LogP contribution in [0.5, 0.6) is 0 Å². The minimum absolute atomic E-state index is 0.0899. The van der Waals surface area contributed by atoms with Crippen LogP contribution < -0.4 is 5.32 Å². The van der Waals surface area contributed by atoms with Gasteiger partial charge in [-0.25, -0.2) is 15.0 Å². The van der Waals surface area contributed by atoms with Gasteiger partial charge in [-0.1, -0.05) is 0 Å². The molecular formula is C21H20F3N7O. The van der Waals surface area contributed by atoms with Gasteiger partial charge in [-0.3, -0.25) is 4.79 Å². The van der Waals surface area contributed by atoms with E-state index in [-0.39, 0.29) is 17.0 Å². The minimum Gasteiger partial charge on any atom is -0.342 e. The highest BCUT2D eigenvalue weighted by molar-refractivity contribution is 5.95. The molecule has 0 fully saturated rings. The highest BCUT2D eigenvalue weighted by Crippen LogP contribution is 2.34. The van der Waals surface area contributed by atoms with Crippen molar-refractivity contribution in [1.29, 1.82) is 5.26 Å². The molecule has 1 atom stereocenters. The fourth-order valence-electron chi connectivity index (χ4n) is 2.88. The molecule has 0 aliphatic rings. The predicted octanol–water partition coefficient (Wildman–Crippen LogP) is 3.68. The van der Waals surface area contributed by atoms with Gasteiger partial charge in [-0.05, 0) is 57.5 Å². The molecule has 0 spiro atoms. The Bertz CT molecular complexity index is 1180. The summed E-state index contributed by atoms with van der Waals surface area (Å²) in [5, 5.41) is 16.2. The zero-order valence-corrected chi connectivity index (χ0v) is 17.8. The number of hydrogen-bond donors (Lipinski definition) is 1. The standard InChI is InChI=1S/C21H20F3N7O/c1-12(17-29-13(2)31(30-17)19-26-6-5-7-27-19)28-18(32)14-8-15(20(3,4)11-25)10-16(9-14)21(22,23)24/h5-10,12H,1-4H3,(H,28,32). The van der Waals surface area contributed by atoms with E-state index in [1.165, 1.54) is 24.6 Å². The maximum absolute atomic E-state index is 13.4. The number of aromatic nitrogens is 5. The molecular weight excluding hydrogens is 423 g/mol. The fourth-order valence-corrected chi connectivity index (χ4v) is 2.88. The van der Waals surface area contributed by atoms with E-state index in [0.717, 1.165) is 12.1 Å². The first-order valence-electron chi connectivity index (χ1n) is 9.58. The molecule has 0 saturated carbocycles. The summed E-state index contributed by atoms with van der Waals surface area (Å²) >= 11 is 0. The molecule has 2 aromatic heterocycles. The number of alkyl halides is 3. The van der Waals surface area contributed by atoms with Crippen molar-refractivity contribution in [3.05, 3.63) is 65.0 Å². The van der Waals surface area contributed by atoms with Crippen molar-refractivity contribution in [3.8, 4) is 12.0 Å². The average Bonchev–Trinajstić information content (AvgIpc) is 3.15. The zero-order chi connectivity index (χ0) is 23.7. The van der Waals surface area contributed by atoms with Crippen molar-refractivity contribution in [2.45, 2.75) is 45.3 Å². The summed E-state index contributed by atoms with van der Waals surface area (Å²) in [5.41, 5.74) is -2.34. The number of amides is 1. The lowest BCUT2D eigenvalue weighted by Gasteiger charge is -2.20. The monoisotopic (exact) mass is 443 g/mol. The van der Waals surface area contributed by atoms with E-state index >= 15 is 0 Å². The van der Waals surface area contributed by atoms with Gasteiger partial charge in [-0.15, -0.1) is 5.10 Å². The highest BCUT2D eigenvalue weighted by atomic mass is 19.4. The van der Waals surface area contributed by atoms with Gasteiger partial charge >= 0.3 is 6.18 Å². The molecule has 1 amide bonds. The lowest BCUT2D eigenvalue weighted by atomic mass is 9.84. The third-order valence-electron chi connectivity index (χ3n) is 4.79. The number of nitrogens with zero attached hydrogens (tertiary/aromatic N) is 6. The number of hydrogen-bond acceptors (Lipinski definition) is 6. The Morgan fingerprint density at radius 1 is 1.16 bits per heavy atom. The molecule has 0 aliphatic carbocycles. The summed E-state index contributed by atoms with van der Waals surface area (Å²) in [5.74, 6) is 0.268. The molecule has 0 bridgehead atoms. The number of carbonyl (C=O) groups excluding carboxylic acids is 1. The van der Waals surface area contributed by atoms with Gasteiger partial charge in [0.1, 0.15) is 5.82 Å². The predicted molar refractivity (Wildman–Crippen MR) is 108 cm³/mol. The summed E-state index contributed by atoms with van der Waals surface area (Å²) in [7, 11) is 0. The highest BCUT2D eigenvalue weighted by Gasteiger charge is 2.34. The van der Waals surface area contributed by atoms with Gasteiger partial charge in [0.15, 0.2) is 5.82 Å². The van der Waals surface area contributed by atoms with Crippen molar-refractivity contribution >= 4 is 5.91 Å². The van der Waals surface area contributed by atoms with E-state index < -0.39 is 29.1 Å². The lowest BCUT2D eigenvalue weighted by molar-refractivity contribution is -0.137. The number of carbonyl (C=O) groups is 1. The molecule has 32 heavy (non-hydrogen) atoms. The van der Waals surface area contributed by atoms with Crippen molar-refractivity contribution in [3.63, 3.8) is 0 Å². The molecule has 1 N–H and O–H groups in total. The van der Waals surface area contributed by atoms with Crippen LogP contribution >= 0.6 is 0 Å². The molecule has 2 heterocycles. The van der Waals surface area contributed by atoms with E-state index in [9.17, 15) is 23.2 Å². The summed E-state index contributed by atoms with van der Waals surface area (Å²) < 4.78 is 41.6. The number of benzene rings is 1. The molecule has 1 unspecified atom stereocenters. The van der Waals surface area contributed by atoms with Crippen LogP contribution in [0.2, 0.25) is 0 Å². The van der Waals surface area contributed by atoms with Crippen LogP contribution in [0.3, 0.4) is 0 Å². The van der Waals surface area contributed by atoms with Crippen LogP contribution in [0.15, 0.2) is 36.7 Å². The Morgan fingerprint density at radius 2 is 1.78 bits per heavy atom. The first-order chi connectivity index (χ1) is 14.9. The minimum atomic E-state index is -4.67. The third-order valence-corrected chi connectivity index (χ3v) is 4.79. The Hall–Kier alpha value is -3.81. The summed E-state index contributed by atoms with van der Waals surface area (Å²) in [4.78, 5) is 25.3. The molecule has 3 aromatic rings.